The lowest BCUT2D eigenvalue weighted by atomic mass is 9.95. The third-order valence-electron chi connectivity index (χ3n) is 5.19. The number of Topliss-reactive ketones (excluding diaryl/α,β-unsaturated/α-hetero) is 1. The second-order valence-electron chi connectivity index (χ2n) is 7.60. The lowest BCUT2D eigenvalue weighted by Crippen LogP contribution is -2.31. The summed E-state index contributed by atoms with van der Waals surface area (Å²) < 4.78 is 5.58. The number of pyridine rings is 1. The maximum atomic E-state index is 12.9. The van der Waals surface area contributed by atoms with E-state index in [2.05, 4.69) is 4.98 Å². The van der Waals surface area contributed by atoms with Crippen LogP contribution in [0.4, 0.5) is 0 Å². The van der Waals surface area contributed by atoms with Gasteiger partial charge in [-0.25, -0.2) is 0 Å². The molecule has 1 saturated heterocycles. The molecule has 1 aromatic carbocycles. The molecular weight excluding hydrogens is 380 g/mol. The Kier molecular flexibility index (Phi) is 7.00. The number of amides is 1. The number of carbonyl (C=O) groups is 2. The van der Waals surface area contributed by atoms with Gasteiger partial charge in [-0.3, -0.25) is 14.6 Å². The number of aryl methyl sites for hydroxylation is 1. The van der Waals surface area contributed by atoms with Crippen molar-refractivity contribution in [3.63, 3.8) is 0 Å². The summed E-state index contributed by atoms with van der Waals surface area (Å²) in [6.45, 7) is 6.80. The standard InChI is InChI=1S/C24H28N2O4/c1-4-17-6-8-19(9-7-17)22(27)20-21(18-10-12-25-13-11-18)26(24(29)23(20)28)14-5-15-30-16(2)3/h6-13,16,21,27H,4-5,14-15H2,1-3H3/b22-20-. The molecule has 2 aromatic rings. The molecule has 6 nitrogen and oxygen atoms in total. The van der Waals surface area contributed by atoms with Gasteiger partial charge in [0.05, 0.1) is 17.7 Å². The first-order valence-corrected chi connectivity index (χ1v) is 10.3. The van der Waals surface area contributed by atoms with Gasteiger partial charge in [0, 0.05) is 31.1 Å². The fourth-order valence-electron chi connectivity index (χ4n) is 3.61. The molecule has 3 rings (SSSR count). The molecule has 6 heteroatoms. The average molecular weight is 408 g/mol. The Morgan fingerprint density at radius 2 is 1.80 bits per heavy atom. The summed E-state index contributed by atoms with van der Waals surface area (Å²) in [4.78, 5) is 31.3. The minimum absolute atomic E-state index is 0.0995. The van der Waals surface area contributed by atoms with Crippen LogP contribution in [0, 0.1) is 0 Å². The SMILES string of the molecule is CCc1ccc(/C(O)=C2/C(=O)C(=O)N(CCCOC(C)C)C2c2ccncc2)cc1. The van der Waals surface area contributed by atoms with Crippen LogP contribution in [0.2, 0.25) is 0 Å². The van der Waals surface area contributed by atoms with Gasteiger partial charge < -0.3 is 14.7 Å². The van der Waals surface area contributed by atoms with Crippen LogP contribution in [-0.4, -0.2) is 45.9 Å². The van der Waals surface area contributed by atoms with E-state index in [9.17, 15) is 14.7 Å². The number of aromatic nitrogens is 1. The van der Waals surface area contributed by atoms with Crippen molar-refractivity contribution in [3.8, 4) is 0 Å². The Morgan fingerprint density at radius 3 is 2.40 bits per heavy atom. The minimum atomic E-state index is -0.668. The second-order valence-corrected chi connectivity index (χ2v) is 7.60. The van der Waals surface area contributed by atoms with Crippen molar-refractivity contribution in [2.45, 2.75) is 45.8 Å². The second kappa shape index (κ2) is 9.67. The molecule has 0 saturated carbocycles. The van der Waals surface area contributed by atoms with Crippen LogP contribution in [0.5, 0.6) is 0 Å². The molecule has 2 heterocycles. The van der Waals surface area contributed by atoms with Crippen LogP contribution < -0.4 is 0 Å². The van der Waals surface area contributed by atoms with E-state index in [1.165, 1.54) is 4.90 Å². The number of rotatable bonds is 8. The molecule has 1 N–H and O–H groups in total. The van der Waals surface area contributed by atoms with E-state index in [0.29, 0.717) is 25.1 Å². The zero-order valence-electron chi connectivity index (χ0n) is 17.7. The first-order valence-electron chi connectivity index (χ1n) is 10.3. The summed E-state index contributed by atoms with van der Waals surface area (Å²) in [6, 6.07) is 10.3. The largest absolute Gasteiger partial charge is 0.507 e. The maximum absolute atomic E-state index is 12.9. The van der Waals surface area contributed by atoms with Crippen LogP contribution in [0.3, 0.4) is 0 Å². The number of nitrogens with zero attached hydrogens (tertiary/aromatic N) is 2. The molecule has 1 unspecified atom stereocenters. The molecular formula is C24H28N2O4. The number of carbonyl (C=O) groups excluding carboxylic acids is 2. The summed E-state index contributed by atoms with van der Waals surface area (Å²) in [6.07, 6.45) is 4.81. The summed E-state index contributed by atoms with van der Waals surface area (Å²) in [5.74, 6) is -1.43. The number of benzene rings is 1. The number of aliphatic hydroxyl groups excluding tert-OH is 1. The molecule has 1 aromatic heterocycles. The van der Waals surface area contributed by atoms with Gasteiger partial charge in [-0.15, -0.1) is 0 Å². The van der Waals surface area contributed by atoms with Crippen molar-refractivity contribution >= 4 is 17.4 Å². The fourth-order valence-corrected chi connectivity index (χ4v) is 3.61. The first-order chi connectivity index (χ1) is 14.4. The van der Waals surface area contributed by atoms with E-state index in [1.54, 1.807) is 36.7 Å². The van der Waals surface area contributed by atoms with Crippen LogP contribution in [0.1, 0.15) is 49.9 Å². The Bertz CT molecular complexity index is 920. The molecule has 0 radical (unpaired) electrons. The molecule has 1 amide bonds. The van der Waals surface area contributed by atoms with Gasteiger partial charge in [-0.2, -0.15) is 0 Å². The van der Waals surface area contributed by atoms with E-state index in [1.807, 2.05) is 32.9 Å². The summed E-state index contributed by atoms with van der Waals surface area (Å²) >= 11 is 0. The van der Waals surface area contributed by atoms with Crippen LogP contribution in [0.25, 0.3) is 5.76 Å². The highest BCUT2D eigenvalue weighted by Crippen LogP contribution is 2.39. The third-order valence-corrected chi connectivity index (χ3v) is 5.19. The van der Waals surface area contributed by atoms with Crippen molar-refractivity contribution in [2.24, 2.45) is 0 Å². The van der Waals surface area contributed by atoms with E-state index in [4.69, 9.17) is 4.74 Å². The van der Waals surface area contributed by atoms with E-state index in [0.717, 1.165) is 17.5 Å². The predicted molar refractivity (Wildman–Crippen MR) is 115 cm³/mol. The molecule has 0 spiro atoms. The van der Waals surface area contributed by atoms with Gasteiger partial charge in [0.15, 0.2) is 0 Å². The molecule has 158 valence electrons. The monoisotopic (exact) mass is 408 g/mol. The maximum Gasteiger partial charge on any atom is 0.295 e. The Labute approximate surface area is 177 Å². The Balaban J connectivity index is 1.99. The smallest absolute Gasteiger partial charge is 0.295 e. The summed E-state index contributed by atoms with van der Waals surface area (Å²) in [7, 11) is 0. The first kappa shape index (κ1) is 21.7. The fraction of sp³-hybridized carbons (Fsp3) is 0.375. The lowest BCUT2D eigenvalue weighted by molar-refractivity contribution is -0.140. The van der Waals surface area contributed by atoms with Crippen molar-refractivity contribution in [3.05, 3.63) is 71.1 Å². The lowest BCUT2D eigenvalue weighted by Gasteiger charge is -2.25. The van der Waals surface area contributed by atoms with Crippen molar-refractivity contribution in [2.75, 3.05) is 13.2 Å². The molecule has 30 heavy (non-hydrogen) atoms. The zero-order chi connectivity index (χ0) is 21.7. The number of ketones is 1. The van der Waals surface area contributed by atoms with Gasteiger partial charge in [-0.1, -0.05) is 31.2 Å². The van der Waals surface area contributed by atoms with Gasteiger partial charge in [0.2, 0.25) is 0 Å². The molecule has 1 aliphatic rings. The average Bonchev–Trinajstić information content (AvgIpc) is 3.01. The molecule has 1 atom stereocenters. The highest BCUT2D eigenvalue weighted by atomic mass is 16.5. The predicted octanol–water partition coefficient (Wildman–Crippen LogP) is 3.88. The summed E-state index contributed by atoms with van der Waals surface area (Å²) in [5.41, 5.74) is 2.50. The third kappa shape index (κ3) is 4.60. The Morgan fingerprint density at radius 1 is 1.13 bits per heavy atom. The Hall–Kier alpha value is -2.99. The van der Waals surface area contributed by atoms with Crippen molar-refractivity contribution in [1.82, 2.24) is 9.88 Å². The van der Waals surface area contributed by atoms with E-state index in [-0.39, 0.29) is 17.4 Å². The van der Waals surface area contributed by atoms with Crippen molar-refractivity contribution in [1.29, 1.82) is 0 Å². The highest BCUT2D eigenvalue weighted by molar-refractivity contribution is 6.46. The number of hydrogen-bond donors (Lipinski definition) is 1. The van der Waals surface area contributed by atoms with Gasteiger partial charge >= 0.3 is 0 Å². The molecule has 1 fully saturated rings. The quantitative estimate of drug-likeness (QED) is 0.310. The normalized spacial score (nSPS) is 18.4. The highest BCUT2D eigenvalue weighted by Gasteiger charge is 2.45. The minimum Gasteiger partial charge on any atom is -0.507 e. The topological polar surface area (TPSA) is 79.7 Å². The van der Waals surface area contributed by atoms with E-state index >= 15 is 0 Å². The van der Waals surface area contributed by atoms with Crippen LogP contribution in [0.15, 0.2) is 54.4 Å². The number of hydrogen-bond acceptors (Lipinski definition) is 5. The van der Waals surface area contributed by atoms with Crippen molar-refractivity contribution < 1.29 is 19.4 Å². The van der Waals surface area contributed by atoms with Crippen LogP contribution in [-0.2, 0) is 20.7 Å². The van der Waals surface area contributed by atoms with Gasteiger partial charge in [0.25, 0.3) is 11.7 Å². The van der Waals surface area contributed by atoms with E-state index < -0.39 is 17.7 Å². The van der Waals surface area contributed by atoms with Gasteiger partial charge in [-0.05, 0) is 49.9 Å². The van der Waals surface area contributed by atoms with Crippen LogP contribution >= 0.6 is 0 Å². The number of aliphatic hydroxyl groups is 1. The van der Waals surface area contributed by atoms with Gasteiger partial charge in [0.1, 0.15) is 5.76 Å². The zero-order valence-corrected chi connectivity index (χ0v) is 17.7. The number of ether oxygens (including phenoxy) is 1. The summed E-state index contributed by atoms with van der Waals surface area (Å²) in [5, 5.41) is 11.0. The molecule has 0 bridgehead atoms. The molecule has 0 aliphatic carbocycles. The number of likely N-dealkylation sites (tertiary alicyclic amines) is 1. The molecule has 1 aliphatic heterocycles.